The molecule has 0 aromatic heterocycles. The number of piperidine rings is 2. The summed E-state index contributed by atoms with van der Waals surface area (Å²) in [6.07, 6.45) is -1.41. The number of aryl methyl sites for hydroxylation is 4. The summed E-state index contributed by atoms with van der Waals surface area (Å²) < 4.78 is 71.5. The molecule has 28 nitrogen and oxygen atoms in total. The number of hydrogen-bond donors (Lipinski definition) is 8. The first-order valence-corrected chi connectivity index (χ1v) is 38.5. The van der Waals surface area contributed by atoms with Crippen molar-refractivity contribution in [1.82, 2.24) is 20.4 Å². The van der Waals surface area contributed by atoms with E-state index < -0.39 is 104 Å². The summed E-state index contributed by atoms with van der Waals surface area (Å²) in [5.74, 6) is -4.68. The van der Waals surface area contributed by atoms with Crippen LogP contribution in [0.4, 0.5) is 0 Å². The molecule has 10 heterocycles. The molecule has 4 saturated heterocycles. The molecule has 6 aromatic carbocycles. The number of phenols is 4. The van der Waals surface area contributed by atoms with Crippen molar-refractivity contribution in [3.05, 3.63) is 125 Å². The number of aromatic hydroxyl groups is 4. The average molecular weight is 1550 g/mol. The molecule has 110 heavy (non-hydrogen) atoms. The number of fused-ring (bicyclic) bond motifs is 8. The Morgan fingerprint density at radius 2 is 0.900 bits per heavy atom. The van der Waals surface area contributed by atoms with Gasteiger partial charge in [-0.2, -0.15) is 23.5 Å². The Morgan fingerprint density at radius 3 is 1.25 bits per heavy atom. The molecule has 584 valence electrons. The highest BCUT2D eigenvalue weighted by Crippen LogP contribution is 2.71. The first kappa shape index (κ1) is 76.0. The van der Waals surface area contributed by atoms with Crippen LogP contribution in [0.15, 0.2) is 36.4 Å². The van der Waals surface area contributed by atoms with Gasteiger partial charge in [0.05, 0.1) is 52.7 Å². The molecule has 30 heteroatoms. The lowest BCUT2D eigenvalue weighted by atomic mass is 9.61. The van der Waals surface area contributed by atoms with Crippen molar-refractivity contribution < 1.29 is 116 Å². The summed E-state index contributed by atoms with van der Waals surface area (Å²) in [6, 6.07) is 8.53. The fraction of sp³-hybridized carbons (Fsp3) is 0.475. The number of methoxy groups -OCH3 is 4. The van der Waals surface area contributed by atoms with Gasteiger partial charge >= 0.3 is 23.9 Å². The highest BCUT2D eigenvalue weighted by Gasteiger charge is 2.71. The van der Waals surface area contributed by atoms with Crippen molar-refractivity contribution in [2.24, 2.45) is 11.8 Å². The summed E-state index contributed by atoms with van der Waals surface area (Å²) in [7, 11) is 9.28. The first-order chi connectivity index (χ1) is 52.4. The van der Waals surface area contributed by atoms with E-state index in [0.29, 0.717) is 106 Å². The zero-order valence-corrected chi connectivity index (χ0v) is 64.9. The van der Waals surface area contributed by atoms with Crippen LogP contribution in [0.5, 0.6) is 80.5 Å². The SMILES string of the molecule is CCc1cc(C)c(OC)c(O)c1C1C2C3SC[C@]4(NCCc5cc(O)c(OC)cc54)C(=O)OC(c4c5c(c(C)c(OC(C)=O)c43)OCO5)C2(O)C(=O)CN1C.CCc1cc(C)c(OC)c(O)c1C1C2C3SC[C@]4(NCCc5cc(O)c(OC)cc54)C(=O)OC(c4c5c(c(C)c(OC(C)=O)c43)OCO5)C2(O)C(=O)CN1C. The van der Waals surface area contributed by atoms with Crippen molar-refractivity contribution in [3.63, 3.8) is 0 Å². The van der Waals surface area contributed by atoms with Gasteiger partial charge in [-0.05, 0) is 136 Å². The quantitative estimate of drug-likeness (QED) is 0.0476. The lowest BCUT2D eigenvalue weighted by molar-refractivity contribution is -0.202. The fourth-order valence-electron chi connectivity index (χ4n) is 19.1. The molecule has 12 aliphatic rings. The number of ether oxygens (including phenoxy) is 12. The number of likely N-dealkylation sites (tertiary alicyclic amines) is 2. The maximum atomic E-state index is 15.1. The number of nitrogens with zero attached hydrogens (tertiary/aromatic N) is 2. The number of rotatable bonds is 10. The second kappa shape index (κ2) is 27.8. The van der Waals surface area contributed by atoms with E-state index in [4.69, 9.17) is 56.8 Å². The van der Waals surface area contributed by atoms with E-state index >= 15 is 9.59 Å². The summed E-state index contributed by atoms with van der Waals surface area (Å²) >= 11 is 2.58. The number of hydrogen-bond acceptors (Lipinski definition) is 30. The van der Waals surface area contributed by atoms with Crippen LogP contribution in [0.1, 0.15) is 152 Å². The third-order valence-electron chi connectivity index (χ3n) is 23.9. The van der Waals surface area contributed by atoms with Crippen molar-refractivity contribution >= 4 is 59.0 Å². The van der Waals surface area contributed by atoms with Gasteiger partial charge in [-0.15, -0.1) is 0 Å². The van der Waals surface area contributed by atoms with Gasteiger partial charge < -0.3 is 87.5 Å². The normalized spacial score (nSPS) is 28.0. The number of esters is 4. The lowest BCUT2D eigenvalue weighted by Crippen LogP contribution is -2.65. The summed E-state index contributed by atoms with van der Waals surface area (Å²) in [5, 5.41) is 77.5. The van der Waals surface area contributed by atoms with E-state index in [1.807, 2.05) is 39.8 Å². The Morgan fingerprint density at radius 1 is 0.527 bits per heavy atom. The van der Waals surface area contributed by atoms with Crippen LogP contribution in [0, 0.1) is 39.5 Å². The highest BCUT2D eigenvalue weighted by molar-refractivity contribution is 7.99. The van der Waals surface area contributed by atoms with E-state index in [-0.39, 0.29) is 130 Å². The van der Waals surface area contributed by atoms with Crippen LogP contribution in [-0.4, -0.2) is 181 Å². The van der Waals surface area contributed by atoms with E-state index in [9.17, 15) is 49.8 Å². The minimum atomic E-state index is -2.40. The van der Waals surface area contributed by atoms with Gasteiger partial charge in [0.2, 0.25) is 13.6 Å². The van der Waals surface area contributed by atoms with Crippen LogP contribution in [-0.2, 0) is 75.0 Å². The molecule has 4 bridgehead atoms. The molecule has 0 amide bonds. The molecule has 0 saturated carbocycles. The van der Waals surface area contributed by atoms with Crippen molar-refractivity contribution in [1.29, 1.82) is 0 Å². The Bertz CT molecular complexity index is 4650. The van der Waals surface area contributed by atoms with E-state index in [1.54, 1.807) is 62.0 Å². The van der Waals surface area contributed by atoms with Gasteiger partial charge in [-0.25, -0.2) is 9.59 Å². The summed E-state index contributed by atoms with van der Waals surface area (Å²) in [4.78, 5) is 89.1. The number of phenolic OH excluding ortho intramolecular Hbond substituents is 4. The summed E-state index contributed by atoms with van der Waals surface area (Å²) in [5.41, 5.74) is 0.510. The second-order valence-corrected chi connectivity index (χ2v) is 32.0. The predicted octanol–water partition coefficient (Wildman–Crippen LogP) is 7.96. The van der Waals surface area contributed by atoms with Crippen molar-refractivity contribution in [2.45, 2.75) is 138 Å². The molecule has 10 unspecified atom stereocenters. The second-order valence-electron chi connectivity index (χ2n) is 29.7. The number of carbonyl (C=O) groups is 6. The number of nitrogens with one attached hydrogen (secondary N) is 2. The number of thioether (sulfide) groups is 2. The topological polar surface area (TPSA) is 365 Å². The first-order valence-electron chi connectivity index (χ1n) is 36.4. The molecular weight excluding hydrogens is 1470 g/mol. The monoisotopic (exact) mass is 1550 g/mol. The zero-order valence-electron chi connectivity index (χ0n) is 63.3. The van der Waals surface area contributed by atoms with Crippen LogP contribution in [0.2, 0.25) is 0 Å². The standard InChI is InChI=1S/2C40H44N2O12S/c2*1-8-20-11-17(2)32(50-7)31(46)26(20)30-29-36-27-28(35-34(51-16-52-35)18(3)33(27)53-19(4)43)37(40(29,48)25(45)14-42(30)5)54-38(47)39(15-55-36)22-13-24(49-6)23(44)12-21(22)9-10-41-39/h2*11-13,29-30,36-37,41,44,46,48H,8-10,14-16H2,1-7H3/t2*29?,30?,36?,37?,39-,40?/m11/s1. The van der Waals surface area contributed by atoms with Gasteiger partial charge in [0, 0.05) is 106 Å². The maximum Gasteiger partial charge on any atom is 0.332 e. The van der Waals surface area contributed by atoms with Crippen molar-refractivity contribution in [2.75, 3.05) is 93.8 Å². The molecule has 2 spiro atoms. The zero-order chi connectivity index (χ0) is 78.6. The van der Waals surface area contributed by atoms with E-state index in [1.165, 1.54) is 65.8 Å². The van der Waals surface area contributed by atoms with Crippen LogP contribution in [0.3, 0.4) is 0 Å². The molecule has 10 aliphatic heterocycles. The molecule has 2 aliphatic carbocycles. The molecule has 8 N–H and O–H groups in total. The number of likely N-dealkylation sites (N-methyl/N-ethyl adjacent to an activating group) is 2. The molecule has 12 atom stereocenters. The van der Waals surface area contributed by atoms with Crippen LogP contribution < -0.4 is 58.0 Å². The number of benzene rings is 6. The summed E-state index contributed by atoms with van der Waals surface area (Å²) in [6.45, 7) is 13.3. The Labute approximate surface area is 642 Å². The maximum absolute atomic E-state index is 15.1. The van der Waals surface area contributed by atoms with E-state index in [2.05, 4.69) is 10.6 Å². The third-order valence-corrected chi connectivity index (χ3v) is 26.9. The van der Waals surface area contributed by atoms with Gasteiger partial charge in [-0.3, -0.25) is 39.6 Å². The fourth-order valence-corrected chi connectivity index (χ4v) is 22.6. The molecular formula is C80H88N4O24S2. The Kier molecular flexibility index (Phi) is 19.2. The van der Waals surface area contributed by atoms with Gasteiger partial charge in [0.15, 0.2) is 115 Å². The van der Waals surface area contributed by atoms with Crippen LogP contribution in [0.25, 0.3) is 0 Å². The minimum Gasteiger partial charge on any atom is -0.504 e. The number of Topliss-reactive ketones (excluding diaryl/α,β-unsaturated/α-hetero) is 2. The lowest BCUT2D eigenvalue weighted by Gasteiger charge is -2.56. The van der Waals surface area contributed by atoms with Gasteiger partial charge in [-0.1, -0.05) is 26.0 Å². The van der Waals surface area contributed by atoms with E-state index in [0.717, 1.165) is 11.1 Å². The Hall–Kier alpha value is -9.40. The molecule has 0 radical (unpaired) electrons. The number of carbonyl (C=O) groups excluding carboxylic acids is 6. The highest BCUT2D eigenvalue weighted by atomic mass is 32.2. The van der Waals surface area contributed by atoms with Crippen LogP contribution >= 0.6 is 23.5 Å². The largest absolute Gasteiger partial charge is 0.504 e. The molecule has 4 fully saturated rings. The molecule has 18 rings (SSSR count). The van der Waals surface area contributed by atoms with Crippen molar-refractivity contribution in [3.8, 4) is 80.5 Å². The number of aliphatic hydroxyl groups is 2. The smallest absolute Gasteiger partial charge is 0.332 e. The molecule has 6 aromatic rings. The minimum absolute atomic E-state index is 0.0115. The number of ketones is 2. The third kappa shape index (κ3) is 11.0. The van der Waals surface area contributed by atoms with Gasteiger partial charge in [0.1, 0.15) is 11.5 Å². The Balaban J connectivity index is 0.000000175. The predicted molar refractivity (Wildman–Crippen MR) is 397 cm³/mol. The average Bonchev–Trinajstić information content (AvgIpc) is 1.30. The van der Waals surface area contributed by atoms with Gasteiger partial charge in [0.25, 0.3) is 0 Å².